The van der Waals surface area contributed by atoms with Crippen molar-refractivity contribution in [2.24, 2.45) is 0 Å². The van der Waals surface area contributed by atoms with E-state index < -0.39 is 0 Å². The maximum absolute atomic E-state index is 6.49. The van der Waals surface area contributed by atoms with Crippen molar-refractivity contribution in [2.75, 3.05) is 6.61 Å². The molecule has 0 aliphatic heterocycles. The molecule has 2 aromatic heterocycles. The molecular weight excluding hydrogens is 428 g/mol. The van der Waals surface area contributed by atoms with Crippen molar-refractivity contribution in [1.29, 1.82) is 0 Å². The van der Waals surface area contributed by atoms with Crippen LogP contribution in [0.15, 0.2) is 53.0 Å². The molecule has 27 heavy (non-hydrogen) atoms. The SMILES string of the molecule is C/C=C/COc1ccc(Cl)c(-c2nnc3c(C)nc4cc(Br)ccc4n23)c1. The lowest BCUT2D eigenvalue weighted by atomic mass is 10.2. The van der Waals surface area contributed by atoms with Crippen LogP contribution in [0.4, 0.5) is 0 Å². The predicted octanol–water partition coefficient (Wildman–Crippen LogP) is 5.62. The summed E-state index contributed by atoms with van der Waals surface area (Å²) >= 11 is 9.99. The molecule has 5 nitrogen and oxygen atoms in total. The molecule has 0 radical (unpaired) electrons. The van der Waals surface area contributed by atoms with E-state index in [4.69, 9.17) is 16.3 Å². The van der Waals surface area contributed by atoms with Gasteiger partial charge in [0.2, 0.25) is 0 Å². The molecule has 0 N–H and O–H groups in total. The van der Waals surface area contributed by atoms with E-state index in [2.05, 4.69) is 31.1 Å². The Morgan fingerprint density at radius 1 is 1.19 bits per heavy atom. The standard InChI is InChI=1S/C20H16BrClN4O/c1-3-4-9-27-14-6-7-16(22)15(11-14)20-25-24-19-12(2)23-17-10-13(21)5-8-18(17)26(19)20/h3-8,10-11H,9H2,1-2H3/b4-3+. The second-order valence-corrected chi connectivity index (χ2v) is 7.36. The minimum atomic E-state index is 0.498. The summed E-state index contributed by atoms with van der Waals surface area (Å²) in [6.45, 7) is 4.38. The second kappa shape index (κ2) is 7.29. The average Bonchev–Trinajstić information content (AvgIpc) is 3.09. The number of aryl methyl sites for hydroxylation is 1. The Labute approximate surface area is 169 Å². The molecule has 4 rings (SSSR count). The van der Waals surface area contributed by atoms with Gasteiger partial charge in [-0.2, -0.15) is 0 Å². The van der Waals surface area contributed by atoms with Crippen LogP contribution in [0.25, 0.3) is 28.1 Å². The largest absolute Gasteiger partial charge is 0.490 e. The number of hydrogen-bond acceptors (Lipinski definition) is 4. The Morgan fingerprint density at radius 2 is 2.04 bits per heavy atom. The molecule has 136 valence electrons. The van der Waals surface area contributed by atoms with Gasteiger partial charge >= 0.3 is 0 Å². The fraction of sp³-hybridized carbons (Fsp3) is 0.150. The van der Waals surface area contributed by atoms with Crippen LogP contribution < -0.4 is 4.74 Å². The molecule has 0 spiro atoms. The van der Waals surface area contributed by atoms with E-state index >= 15 is 0 Å². The lowest BCUT2D eigenvalue weighted by Gasteiger charge is -2.10. The van der Waals surface area contributed by atoms with Crippen molar-refractivity contribution >= 4 is 44.2 Å². The Bertz CT molecular complexity index is 1190. The van der Waals surface area contributed by atoms with E-state index in [-0.39, 0.29) is 0 Å². The molecule has 0 saturated heterocycles. The molecule has 0 unspecified atom stereocenters. The molecule has 0 amide bonds. The van der Waals surface area contributed by atoms with Crippen LogP contribution in [0, 0.1) is 6.92 Å². The molecule has 0 atom stereocenters. The molecule has 0 fully saturated rings. The minimum Gasteiger partial charge on any atom is -0.490 e. The van der Waals surface area contributed by atoms with E-state index in [0.717, 1.165) is 32.5 Å². The van der Waals surface area contributed by atoms with Gasteiger partial charge < -0.3 is 4.74 Å². The summed E-state index contributed by atoms with van der Waals surface area (Å²) in [7, 11) is 0. The maximum atomic E-state index is 6.49. The van der Waals surface area contributed by atoms with E-state index in [0.29, 0.717) is 23.1 Å². The van der Waals surface area contributed by atoms with Gasteiger partial charge in [-0.3, -0.25) is 4.40 Å². The molecule has 4 aromatic rings. The van der Waals surface area contributed by atoms with E-state index in [1.165, 1.54) is 0 Å². The highest BCUT2D eigenvalue weighted by atomic mass is 79.9. The number of allylic oxidation sites excluding steroid dienone is 1. The van der Waals surface area contributed by atoms with Crippen LogP contribution >= 0.6 is 27.5 Å². The lowest BCUT2D eigenvalue weighted by molar-refractivity contribution is 0.363. The normalized spacial score (nSPS) is 11.7. The molecule has 0 bridgehead atoms. The maximum Gasteiger partial charge on any atom is 0.183 e. The summed E-state index contributed by atoms with van der Waals surface area (Å²) in [5.74, 6) is 1.38. The summed E-state index contributed by atoms with van der Waals surface area (Å²) in [5.41, 5.74) is 4.03. The number of benzene rings is 2. The van der Waals surface area contributed by atoms with Gasteiger partial charge in [-0.1, -0.05) is 39.7 Å². The van der Waals surface area contributed by atoms with Gasteiger partial charge in [0, 0.05) is 10.0 Å². The molecule has 7 heteroatoms. The van der Waals surface area contributed by atoms with Crippen LogP contribution in [-0.2, 0) is 0 Å². The fourth-order valence-electron chi connectivity index (χ4n) is 2.93. The smallest absolute Gasteiger partial charge is 0.183 e. The molecule has 0 aliphatic rings. The Hall–Kier alpha value is -2.44. The van der Waals surface area contributed by atoms with Gasteiger partial charge in [0.15, 0.2) is 11.5 Å². The number of ether oxygens (including phenoxy) is 1. The Morgan fingerprint density at radius 3 is 2.85 bits per heavy atom. The number of nitrogens with zero attached hydrogens (tertiary/aromatic N) is 4. The first-order valence-corrected chi connectivity index (χ1v) is 9.60. The highest BCUT2D eigenvalue weighted by Gasteiger charge is 2.17. The van der Waals surface area contributed by atoms with E-state index in [9.17, 15) is 0 Å². The Balaban J connectivity index is 1.94. The van der Waals surface area contributed by atoms with Crippen molar-refractivity contribution in [3.05, 3.63) is 63.7 Å². The molecular formula is C20H16BrClN4O. The third-order valence-corrected chi connectivity index (χ3v) is 5.04. The highest BCUT2D eigenvalue weighted by Crippen LogP contribution is 2.33. The number of fused-ring (bicyclic) bond motifs is 3. The van der Waals surface area contributed by atoms with Crippen molar-refractivity contribution in [2.45, 2.75) is 13.8 Å². The summed E-state index contributed by atoms with van der Waals surface area (Å²) in [6.07, 6.45) is 3.89. The first kappa shape index (κ1) is 17.9. The quantitative estimate of drug-likeness (QED) is 0.384. The third kappa shape index (κ3) is 3.31. The van der Waals surface area contributed by atoms with Crippen molar-refractivity contribution in [3.63, 3.8) is 0 Å². The van der Waals surface area contributed by atoms with Crippen molar-refractivity contribution in [1.82, 2.24) is 19.6 Å². The second-order valence-electron chi connectivity index (χ2n) is 6.03. The number of aromatic nitrogens is 4. The zero-order valence-corrected chi connectivity index (χ0v) is 17.1. The van der Waals surface area contributed by atoms with Crippen LogP contribution in [0.2, 0.25) is 5.02 Å². The summed E-state index contributed by atoms with van der Waals surface area (Å²) in [5, 5.41) is 9.33. The topological polar surface area (TPSA) is 52.3 Å². The van der Waals surface area contributed by atoms with Gasteiger partial charge in [0.05, 0.1) is 21.7 Å². The van der Waals surface area contributed by atoms with Crippen LogP contribution in [0.1, 0.15) is 12.6 Å². The molecule has 0 aliphatic carbocycles. The highest BCUT2D eigenvalue weighted by molar-refractivity contribution is 9.10. The van der Waals surface area contributed by atoms with Crippen LogP contribution in [0.5, 0.6) is 5.75 Å². The van der Waals surface area contributed by atoms with Crippen LogP contribution in [-0.4, -0.2) is 26.2 Å². The molecule has 2 heterocycles. The zero-order chi connectivity index (χ0) is 19.0. The van der Waals surface area contributed by atoms with Crippen LogP contribution in [0.3, 0.4) is 0 Å². The number of halogens is 2. The van der Waals surface area contributed by atoms with E-state index in [1.807, 2.05) is 66.8 Å². The van der Waals surface area contributed by atoms with Gasteiger partial charge in [-0.25, -0.2) is 4.98 Å². The average molecular weight is 444 g/mol. The summed E-state index contributed by atoms with van der Waals surface area (Å²) in [6, 6.07) is 11.5. The minimum absolute atomic E-state index is 0.498. The Kier molecular flexibility index (Phi) is 4.85. The summed E-state index contributed by atoms with van der Waals surface area (Å²) < 4.78 is 8.71. The molecule has 2 aromatic carbocycles. The van der Waals surface area contributed by atoms with Gasteiger partial charge in [-0.05, 0) is 50.2 Å². The summed E-state index contributed by atoms with van der Waals surface area (Å²) in [4.78, 5) is 4.64. The number of hydrogen-bond donors (Lipinski definition) is 0. The van der Waals surface area contributed by atoms with Gasteiger partial charge in [0.25, 0.3) is 0 Å². The van der Waals surface area contributed by atoms with Gasteiger partial charge in [0.1, 0.15) is 12.4 Å². The molecule has 0 saturated carbocycles. The van der Waals surface area contributed by atoms with Gasteiger partial charge in [-0.15, -0.1) is 10.2 Å². The van der Waals surface area contributed by atoms with Crippen molar-refractivity contribution in [3.8, 4) is 17.1 Å². The third-order valence-electron chi connectivity index (χ3n) is 4.21. The van der Waals surface area contributed by atoms with E-state index in [1.54, 1.807) is 0 Å². The first-order chi connectivity index (χ1) is 13.1. The number of rotatable bonds is 4. The monoisotopic (exact) mass is 442 g/mol. The van der Waals surface area contributed by atoms with Crippen molar-refractivity contribution < 1.29 is 4.74 Å². The lowest BCUT2D eigenvalue weighted by Crippen LogP contribution is -1.98. The zero-order valence-electron chi connectivity index (χ0n) is 14.8. The fourth-order valence-corrected chi connectivity index (χ4v) is 3.48. The predicted molar refractivity (Wildman–Crippen MR) is 111 cm³/mol. The first-order valence-electron chi connectivity index (χ1n) is 8.43.